The number of aromatic nitrogens is 2. The zero-order valence-corrected chi connectivity index (χ0v) is 16.2. The molecule has 2 aromatic rings. The third-order valence-electron chi connectivity index (χ3n) is 4.45. The summed E-state index contributed by atoms with van der Waals surface area (Å²) in [6, 6.07) is 5.03. The Kier molecular flexibility index (Phi) is 7.30. The standard InChI is InChI=1S/C13H12BF3N2.C6H14O2/c1-2-12(19-8-11(14)7-18-19)9-3-5-10(6-4-9)13(15,16)17;1-5(2,7)6(3,4)8/h3-8,12H,2H2,1H3;7-8H,1-4H3. The van der Waals surface area contributed by atoms with Gasteiger partial charge in [0.15, 0.2) is 0 Å². The number of nitrogens with zero attached hydrogens (tertiary/aromatic N) is 2. The Bertz CT molecular complexity index is 702. The normalized spacial score (nSPS) is 13.7. The summed E-state index contributed by atoms with van der Waals surface area (Å²) in [5, 5.41) is 22.3. The van der Waals surface area contributed by atoms with Crippen molar-refractivity contribution in [3.63, 3.8) is 0 Å². The maximum atomic E-state index is 12.5. The van der Waals surface area contributed by atoms with Crippen LogP contribution >= 0.6 is 0 Å². The van der Waals surface area contributed by atoms with Crippen molar-refractivity contribution in [2.75, 3.05) is 0 Å². The maximum Gasteiger partial charge on any atom is 0.416 e. The summed E-state index contributed by atoms with van der Waals surface area (Å²) >= 11 is 0. The molecule has 0 bridgehead atoms. The largest absolute Gasteiger partial charge is 0.416 e. The van der Waals surface area contributed by atoms with Crippen LogP contribution in [0.4, 0.5) is 13.2 Å². The van der Waals surface area contributed by atoms with Crippen molar-refractivity contribution in [1.82, 2.24) is 9.78 Å². The molecule has 148 valence electrons. The van der Waals surface area contributed by atoms with Gasteiger partial charge in [0.05, 0.1) is 22.8 Å². The molecule has 1 atom stereocenters. The Morgan fingerprint density at radius 3 is 1.81 bits per heavy atom. The fourth-order valence-corrected chi connectivity index (χ4v) is 1.99. The number of aliphatic hydroxyl groups is 2. The van der Waals surface area contributed by atoms with Gasteiger partial charge in [0, 0.05) is 12.4 Å². The molecule has 0 amide bonds. The van der Waals surface area contributed by atoms with Crippen molar-refractivity contribution in [2.24, 2.45) is 0 Å². The first-order valence-corrected chi connectivity index (χ1v) is 8.58. The van der Waals surface area contributed by atoms with Crippen LogP contribution in [0.15, 0.2) is 36.7 Å². The van der Waals surface area contributed by atoms with E-state index in [1.54, 1.807) is 38.6 Å². The summed E-state index contributed by atoms with van der Waals surface area (Å²) in [5.41, 5.74) is -1.35. The van der Waals surface area contributed by atoms with Crippen LogP contribution in [0.5, 0.6) is 0 Å². The predicted molar refractivity (Wildman–Crippen MR) is 100 cm³/mol. The van der Waals surface area contributed by atoms with Crippen LogP contribution in [0, 0.1) is 0 Å². The molecule has 27 heavy (non-hydrogen) atoms. The number of hydrogen-bond acceptors (Lipinski definition) is 3. The van der Waals surface area contributed by atoms with Gasteiger partial charge in [0.2, 0.25) is 0 Å². The van der Waals surface area contributed by atoms with E-state index in [0.29, 0.717) is 11.9 Å². The average Bonchev–Trinajstić information content (AvgIpc) is 2.92. The number of alkyl halides is 3. The van der Waals surface area contributed by atoms with Gasteiger partial charge >= 0.3 is 6.18 Å². The minimum absolute atomic E-state index is 0.111. The molecule has 2 N–H and O–H groups in total. The zero-order valence-electron chi connectivity index (χ0n) is 16.2. The smallest absolute Gasteiger partial charge is 0.387 e. The molecule has 0 saturated carbocycles. The Morgan fingerprint density at radius 2 is 1.52 bits per heavy atom. The van der Waals surface area contributed by atoms with Crippen LogP contribution in [0.25, 0.3) is 0 Å². The zero-order chi connectivity index (χ0) is 21.0. The molecule has 0 fully saturated rings. The van der Waals surface area contributed by atoms with E-state index < -0.39 is 22.9 Å². The van der Waals surface area contributed by atoms with Crippen LogP contribution in [0.1, 0.15) is 58.2 Å². The van der Waals surface area contributed by atoms with Crippen LogP contribution < -0.4 is 5.46 Å². The van der Waals surface area contributed by atoms with E-state index in [-0.39, 0.29) is 6.04 Å². The van der Waals surface area contributed by atoms with Crippen LogP contribution in [0.2, 0.25) is 0 Å². The maximum absolute atomic E-state index is 12.5. The summed E-state index contributed by atoms with van der Waals surface area (Å²) in [6.45, 7) is 8.25. The number of halogens is 3. The molecular formula is C19H26BF3N2O2. The minimum atomic E-state index is -4.31. The first kappa shape index (κ1) is 23.2. The molecule has 1 aromatic carbocycles. The second-order valence-electron chi connectivity index (χ2n) is 7.42. The third-order valence-corrected chi connectivity index (χ3v) is 4.45. The Balaban J connectivity index is 0.000000387. The highest BCUT2D eigenvalue weighted by atomic mass is 19.4. The van der Waals surface area contributed by atoms with Gasteiger partial charge in [-0.3, -0.25) is 4.68 Å². The molecule has 0 aliphatic rings. The quantitative estimate of drug-likeness (QED) is 0.799. The number of rotatable bonds is 4. The van der Waals surface area contributed by atoms with Crippen molar-refractivity contribution < 1.29 is 23.4 Å². The van der Waals surface area contributed by atoms with Gasteiger partial charge in [-0.1, -0.05) is 24.5 Å². The summed E-state index contributed by atoms with van der Waals surface area (Å²) < 4.78 is 39.1. The fraction of sp³-hybridized carbons (Fsp3) is 0.526. The van der Waals surface area contributed by atoms with E-state index in [0.717, 1.165) is 17.7 Å². The van der Waals surface area contributed by atoms with E-state index in [4.69, 9.17) is 18.1 Å². The molecular weight excluding hydrogens is 356 g/mol. The highest BCUT2D eigenvalue weighted by molar-refractivity contribution is 6.31. The van der Waals surface area contributed by atoms with Gasteiger partial charge in [-0.2, -0.15) is 18.3 Å². The Hall–Kier alpha value is -1.80. The van der Waals surface area contributed by atoms with Crippen molar-refractivity contribution in [2.45, 2.75) is 64.5 Å². The second-order valence-corrected chi connectivity index (χ2v) is 7.42. The van der Waals surface area contributed by atoms with Crippen LogP contribution in [-0.2, 0) is 6.18 Å². The SMILES string of the molecule is CC(C)(O)C(C)(C)O.[B]c1cnn(C(CC)c2ccc(C(F)(F)F)cc2)c1. The van der Waals surface area contributed by atoms with Crippen LogP contribution in [-0.4, -0.2) is 39.0 Å². The first-order valence-electron chi connectivity index (χ1n) is 8.58. The molecule has 0 aliphatic heterocycles. The van der Waals surface area contributed by atoms with E-state index in [1.807, 2.05) is 6.92 Å². The molecule has 1 unspecified atom stereocenters. The van der Waals surface area contributed by atoms with Gasteiger partial charge in [-0.05, 0) is 51.8 Å². The van der Waals surface area contributed by atoms with Crippen molar-refractivity contribution in [1.29, 1.82) is 0 Å². The van der Waals surface area contributed by atoms with E-state index in [9.17, 15) is 13.2 Å². The molecule has 0 aliphatic carbocycles. The van der Waals surface area contributed by atoms with Gasteiger partial charge < -0.3 is 10.2 Å². The van der Waals surface area contributed by atoms with Crippen molar-refractivity contribution >= 4 is 13.3 Å². The van der Waals surface area contributed by atoms with Crippen molar-refractivity contribution in [3.05, 3.63) is 47.8 Å². The molecule has 0 spiro atoms. The van der Waals surface area contributed by atoms with Crippen LogP contribution in [0.3, 0.4) is 0 Å². The lowest BCUT2D eigenvalue weighted by atomic mass is 9.90. The summed E-state index contributed by atoms with van der Waals surface area (Å²) in [6.07, 6.45) is -0.401. The summed E-state index contributed by atoms with van der Waals surface area (Å²) in [7, 11) is 5.60. The van der Waals surface area contributed by atoms with Crippen molar-refractivity contribution in [3.8, 4) is 0 Å². The number of benzene rings is 1. The van der Waals surface area contributed by atoms with Gasteiger partial charge in [0.1, 0.15) is 7.85 Å². The van der Waals surface area contributed by atoms with E-state index in [2.05, 4.69) is 5.10 Å². The lowest BCUT2D eigenvalue weighted by Crippen LogP contribution is -2.44. The lowest BCUT2D eigenvalue weighted by molar-refractivity contribution is -0.137. The average molecular weight is 382 g/mol. The first-order chi connectivity index (χ1) is 12.2. The monoisotopic (exact) mass is 382 g/mol. The molecule has 2 rings (SSSR count). The molecule has 2 radical (unpaired) electrons. The number of hydrogen-bond donors (Lipinski definition) is 2. The lowest BCUT2D eigenvalue weighted by Gasteiger charge is -2.31. The predicted octanol–water partition coefficient (Wildman–Crippen LogP) is 3.22. The second kappa shape index (κ2) is 8.48. The molecule has 1 aromatic heterocycles. The highest BCUT2D eigenvalue weighted by Crippen LogP contribution is 2.30. The van der Waals surface area contributed by atoms with E-state index in [1.165, 1.54) is 18.3 Å². The fourth-order valence-electron chi connectivity index (χ4n) is 1.99. The third kappa shape index (κ3) is 6.70. The topological polar surface area (TPSA) is 58.3 Å². The minimum Gasteiger partial charge on any atom is -0.387 e. The molecule has 0 saturated heterocycles. The van der Waals surface area contributed by atoms with Gasteiger partial charge in [0.25, 0.3) is 0 Å². The molecule has 1 heterocycles. The molecule has 8 heteroatoms. The molecule has 4 nitrogen and oxygen atoms in total. The Labute approximate surface area is 159 Å². The van der Waals surface area contributed by atoms with Gasteiger partial charge in [-0.15, -0.1) is 0 Å². The summed E-state index contributed by atoms with van der Waals surface area (Å²) in [5.74, 6) is 0. The summed E-state index contributed by atoms with van der Waals surface area (Å²) in [4.78, 5) is 0. The van der Waals surface area contributed by atoms with E-state index >= 15 is 0 Å². The van der Waals surface area contributed by atoms with Gasteiger partial charge in [-0.25, -0.2) is 0 Å². The highest BCUT2D eigenvalue weighted by Gasteiger charge is 2.32. The Morgan fingerprint density at radius 1 is 1.04 bits per heavy atom.